The van der Waals surface area contributed by atoms with Crippen LogP contribution in [0.25, 0.3) is 0 Å². The molecule has 0 radical (unpaired) electrons. The third kappa shape index (κ3) is 6.52. The second-order valence-corrected chi connectivity index (χ2v) is 11.2. The van der Waals surface area contributed by atoms with E-state index < -0.39 is 16.8 Å². The molecule has 3 aromatic carbocycles. The summed E-state index contributed by atoms with van der Waals surface area (Å²) >= 11 is 0. The highest BCUT2D eigenvalue weighted by atomic mass is 32.2. The number of fused-ring (bicyclic) bond motifs is 1. The number of anilines is 1. The van der Waals surface area contributed by atoms with Gasteiger partial charge >= 0.3 is 0 Å². The fraction of sp³-hybridized carbons (Fsp3) is 0.290. The van der Waals surface area contributed by atoms with Crippen molar-refractivity contribution in [3.63, 3.8) is 0 Å². The minimum Gasteiger partial charge on any atom is -0.337 e. The summed E-state index contributed by atoms with van der Waals surface area (Å²) in [7, 11) is 0.409. The first-order valence-corrected chi connectivity index (χ1v) is 14.5. The van der Waals surface area contributed by atoms with E-state index in [4.69, 9.17) is 5.14 Å². The van der Waals surface area contributed by atoms with Gasteiger partial charge in [-0.15, -0.1) is 0 Å². The summed E-state index contributed by atoms with van der Waals surface area (Å²) in [6.45, 7) is 0.513. The SMILES string of the molecule is Cn1ccnc1CN(C(=O)C1CC1c1ccccc1)c1ccc2c(c1)CCCC2.NS(=O)c1cccc(F)c1. The lowest BCUT2D eigenvalue weighted by atomic mass is 9.91. The van der Waals surface area contributed by atoms with Gasteiger partial charge in [-0.1, -0.05) is 42.5 Å². The zero-order valence-corrected chi connectivity index (χ0v) is 22.8. The van der Waals surface area contributed by atoms with Crippen molar-refractivity contribution in [2.75, 3.05) is 4.90 Å². The molecule has 1 fully saturated rings. The van der Waals surface area contributed by atoms with Crippen molar-refractivity contribution >= 4 is 22.6 Å². The lowest BCUT2D eigenvalue weighted by Crippen LogP contribution is -2.33. The zero-order valence-electron chi connectivity index (χ0n) is 22.0. The normalized spacial score (nSPS) is 18.3. The minimum atomic E-state index is -1.58. The molecule has 2 aliphatic rings. The van der Waals surface area contributed by atoms with Gasteiger partial charge in [-0.3, -0.25) is 4.79 Å². The van der Waals surface area contributed by atoms with Gasteiger partial charge in [0.25, 0.3) is 0 Å². The Labute approximate surface area is 231 Å². The third-order valence-electron chi connectivity index (χ3n) is 7.49. The molecule has 0 bridgehead atoms. The number of aromatic nitrogens is 2. The van der Waals surface area contributed by atoms with Crippen molar-refractivity contribution in [1.82, 2.24) is 9.55 Å². The van der Waals surface area contributed by atoms with Crippen LogP contribution in [0.2, 0.25) is 0 Å². The van der Waals surface area contributed by atoms with Gasteiger partial charge < -0.3 is 9.47 Å². The zero-order chi connectivity index (χ0) is 27.4. The Balaban J connectivity index is 0.000000261. The molecular formula is C31H33FN4O2S. The molecule has 3 unspecified atom stereocenters. The van der Waals surface area contributed by atoms with E-state index in [1.807, 2.05) is 28.8 Å². The standard InChI is InChI=1S/C25H27N3O.C6H6FNOS/c1-27-14-13-26-24(27)17-28(21-12-11-18-7-5-6-10-20(18)15-21)25(29)23-16-22(23)19-8-3-2-4-9-19;7-5-2-1-3-6(4-5)10(8)9/h2-4,8-9,11-15,22-23H,5-7,10,16-17H2,1H3;1-4H,8H2. The summed E-state index contributed by atoms with van der Waals surface area (Å²) < 4.78 is 24.9. The molecule has 1 heterocycles. The van der Waals surface area contributed by atoms with Crippen LogP contribution in [0.5, 0.6) is 0 Å². The fourth-order valence-electron chi connectivity index (χ4n) is 5.20. The van der Waals surface area contributed by atoms with Crippen molar-refractivity contribution in [2.24, 2.45) is 18.1 Å². The van der Waals surface area contributed by atoms with Gasteiger partial charge in [0, 0.05) is 31.0 Å². The summed E-state index contributed by atoms with van der Waals surface area (Å²) in [5.41, 5.74) is 5.13. The molecule has 1 aromatic heterocycles. The number of imidazole rings is 1. The monoisotopic (exact) mass is 544 g/mol. The van der Waals surface area contributed by atoms with Crippen LogP contribution in [0.3, 0.4) is 0 Å². The number of aryl methyl sites for hydroxylation is 3. The first kappa shape index (κ1) is 27.0. The van der Waals surface area contributed by atoms with E-state index in [9.17, 15) is 13.4 Å². The summed E-state index contributed by atoms with van der Waals surface area (Å²) in [6.07, 6.45) is 9.45. The molecule has 202 valence electrons. The Kier molecular flexibility index (Phi) is 8.33. The van der Waals surface area contributed by atoms with Crippen LogP contribution in [-0.4, -0.2) is 19.7 Å². The van der Waals surface area contributed by atoms with E-state index >= 15 is 0 Å². The maximum atomic E-state index is 13.6. The van der Waals surface area contributed by atoms with Crippen molar-refractivity contribution in [3.8, 4) is 0 Å². The Bertz CT molecular complexity index is 1470. The number of carbonyl (C=O) groups excluding carboxylic acids is 1. The van der Waals surface area contributed by atoms with Gasteiger partial charge in [-0.2, -0.15) is 0 Å². The van der Waals surface area contributed by atoms with Crippen LogP contribution in [0.15, 0.2) is 90.1 Å². The van der Waals surface area contributed by atoms with Gasteiger partial charge in [0.2, 0.25) is 5.91 Å². The smallest absolute Gasteiger partial charge is 0.231 e. The number of rotatable bonds is 6. The van der Waals surface area contributed by atoms with E-state index in [1.54, 1.807) is 6.20 Å². The Morgan fingerprint density at radius 2 is 1.82 bits per heavy atom. The molecule has 2 N–H and O–H groups in total. The van der Waals surface area contributed by atoms with Crippen LogP contribution in [0.4, 0.5) is 10.1 Å². The quantitative estimate of drug-likeness (QED) is 0.351. The number of nitrogens with two attached hydrogens (primary N) is 1. The summed E-state index contributed by atoms with van der Waals surface area (Å²) in [4.78, 5) is 20.3. The predicted octanol–water partition coefficient (Wildman–Crippen LogP) is 5.44. The first-order chi connectivity index (χ1) is 18.9. The molecule has 6 nitrogen and oxygen atoms in total. The van der Waals surface area contributed by atoms with Crippen LogP contribution in [-0.2, 0) is 42.2 Å². The molecule has 8 heteroatoms. The van der Waals surface area contributed by atoms with Crippen molar-refractivity contribution in [3.05, 3.63) is 114 Å². The molecule has 4 aromatic rings. The van der Waals surface area contributed by atoms with E-state index in [0.717, 1.165) is 36.8 Å². The highest BCUT2D eigenvalue weighted by molar-refractivity contribution is 7.82. The van der Waals surface area contributed by atoms with Gasteiger partial charge in [-0.25, -0.2) is 18.7 Å². The van der Waals surface area contributed by atoms with Gasteiger partial charge in [0.05, 0.1) is 11.4 Å². The van der Waals surface area contributed by atoms with E-state index in [1.165, 1.54) is 47.7 Å². The molecule has 0 spiro atoms. The molecule has 1 saturated carbocycles. The Hall–Kier alpha value is -3.62. The lowest BCUT2D eigenvalue weighted by molar-refractivity contribution is -0.120. The first-order valence-electron chi connectivity index (χ1n) is 13.3. The van der Waals surface area contributed by atoms with Gasteiger partial charge in [-0.05, 0) is 85.0 Å². The average molecular weight is 545 g/mol. The fourth-order valence-corrected chi connectivity index (χ4v) is 5.64. The van der Waals surface area contributed by atoms with Crippen molar-refractivity contribution in [2.45, 2.75) is 49.5 Å². The molecule has 0 saturated heterocycles. The second-order valence-electron chi connectivity index (χ2n) is 10.2. The molecule has 1 amide bonds. The predicted molar refractivity (Wildman–Crippen MR) is 152 cm³/mol. The molecule has 0 aliphatic heterocycles. The largest absolute Gasteiger partial charge is 0.337 e. The number of hydrogen-bond donors (Lipinski definition) is 1. The average Bonchev–Trinajstić information content (AvgIpc) is 3.66. The number of benzene rings is 3. The molecular weight excluding hydrogens is 511 g/mol. The topological polar surface area (TPSA) is 81.2 Å². The number of carbonyl (C=O) groups is 1. The minimum absolute atomic E-state index is 0.0636. The highest BCUT2D eigenvalue weighted by Gasteiger charge is 2.46. The maximum Gasteiger partial charge on any atom is 0.231 e. The van der Waals surface area contributed by atoms with Crippen LogP contribution in [0.1, 0.15) is 47.7 Å². The lowest BCUT2D eigenvalue weighted by Gasteiger charge is -2.25. The van der Waals surface area contributed by atoms with Gasteiger partial charge in [0.15, 0.2) is 0 Å². The van der Waals surface area contributed by atoms with E-state index in [-0.39, 0.29) is 11.8 Å². The van der Waals surface area contributed by atoms with Crippen LogP contribution in [0, 0.1) is 11.7 Å². The number of halogens is 1. The molecule has 39 heavy (non-hydrogen) atoms. The van der Waals surface area contributed by atoms with E-state index in [0.29, 0.717) is 17.4 Å². The summed E-state index contributed by atoms with van der Waals surface area (Å²) in [5, 5.41) is 4.99. The number of amides is 1. The Morgan fingerprint density at radius 3 is 2.49 bits per heavy atom. The Morgan fingerprint density at radius 1 is 1.05 bits per heavy atom. The maximum absolute atomic E-state index is 13.6. The van der Waals surface area contributed by atoms with Crippen LogP contribution < -0.4 is 10.0 Å². The van der Waals surface area contributed by atoms with Crippen molar-refractivity contribution < 1.29 is 13.4 Å². The number of nitrogens with zero attached hydrogens (tertiary/aromatic N) is 3. The van der Waals surface area contributed by atoms with Crippen LogP contribution >= 0.6 is 0 Å². The second kappa shape index (κ2) is 12.1. The summed E-state index contributed by atoms with van der Waals surface area (Å²) in [5.74, 6) is 1.11. The van der Waals surface area contributed by atoms with Crippen molar-refractivity contribution in [1.29, 1.82) is 0 Å². The van der Waals surface area contributed by atoms with Gasteiger partial charge in [0.1, 0.15) is 22.6 Å². The van der Waals surface area contributed by atoms with E-state index in [2.05, 4.69) is 47.4 Å². The highest BCUT2D eigenvalue weighted by Crippen LogP contribution is 2.49. The third-order valence-corrected chi connectivity index (χ3v) is 8.21. The summed E-state index contributed by atoms with van der Waals surface area (Å²) in [6, 6.07) is 22.4. The number of hydrogen-bond acceptors (Lipinski definition) is 3. The molecule has 6 rings (SSSR count). The molecule has 3 atom stereocenters. The molecule has 2 aliphatic carbocycles.